The van der Waals surface area contributed by atoms with Gasteiger partial charge in [0.1, 0.15) is 11.5 Å². The van der Waals surface area contributed by atoms with Crippen LogP contribution in [0.25, 0.3) is 22.3 Å². The molecule has 6 heteroatoms. The Labute approximate surface area is 154 Å². The number of carbonyl (C=O) groups excluding carboxylic acids is 1. The molecule has 0 aliphatic carbocycles. The molecule has 6 nitrogen and oxygen atoms in total. The number of furan rings is 1. The van der Waals surface area contributed by atoms with E-state index >= 15 is 0 Å². The maximum atomic E-state index is 12.5. The number of para-hydroxylation sites is 3. The molecule has 4 rings (SSSR count). The molecular weight excluding hydrogens is 342 g/mol. The summed E-state index contributed by atoms with van der Waals surface area (Å²) in [7, 11) is 0. The van der Waals surface area contributed by atoms with E-state index in [2.05, 4.69) is 15.3 Å². The summed E-state index contributed by atoms with van der Waals surface area (Å²) >= 11 is 0. The summed E-state index contributed by atoms with van der Waals surface area (Å²) < 4.78 is 5.25. The Hall–Kier alpha value is -3.67. The molecule has 0 radical (unpaired) electrons. The van der Waals surface area contributed by atoms with Crippen LogP contribution in [0.4, 0.5) is 5.69 Å². The van der Waals surface area contributed by atoms with E-state index in [1.807, 2.05) is 30.3 Å². The Kier molecular flexibility index (Phi) is 4.53. The second-order valence-electron chi connectivity index (χ2n) is 6.10. The van der Waals surface area contributed by atoms with Crippen molar-refractivity contribution in [2.75, 3.05) is 5.32 Å². The van der Waals surface area contributed by atoms with Gasteiger partial charge in [-0.2, -0.15) is 0 Å². The van der Waals surface area contributed by atoms with Gasteiger partial charge >= 0.3 is 0 Å². The fourth-order valence-corrected chi connectivity index (χ4v) is 2.91. The molecule has 0 spiro atoms. The molecule has 0 saturated heterocycles. The number of anilines is 1. The van der Waals surface area contributed by atoms with Gasteiger partial charge in [-0.1, -0.05) is 30.3 Å². The molecule has 134 valence electrons. The zero-order valence-corrected chi connectivity index (χ0v) is 14.4. The van der Waals surface area contributed by atoms with Gasteiger partial charge in [-0.25, -0.2) is 4.98 Å². The van der Waals surface area contributed by atoms with Gasteiger partial charge in [-0.15, -0.1) is 0 Å². The molecule has 2 aromatic heterocycles. The lowest BCUT2D eigenvalue weighted by Crippen LogP contribution is -2.16. The van der Waals surface area contributed by atoms with E-state index in [1.165, 1.54) is 0 Å². The van der Waals surface area contributed by atoms with Gasteiger partial charge in [0.25, 0.3) is 5.56 Å². The highest BCUT2D eigenvalue weighted by atomic mass is 16.3. The van der Waals surface area contributed by atoms with Crippen molar-refractivity contribution in [3.63, 3.8) is 0 Å². The maximum absolute atomic E-state index is 12.5. The highest BCUT2D eigenvalue weighted by Crippen LogP contribution is 2.25. The van der Waals surface area contributed by atoms with Gasteiger partial charge in [0.05, 0.1) is 23.0 Å². The number of aromatic amines is 1. The number of amides is 1. The van der Waals surface area contributed by atoms with E-state index in [1.54, 1.807) is 36.6 Å². The highest BCUT2D eigenvalue weighted by molar-refractivity contribution is 5.95. The number of rotatable bonds is 5. The number of nitrogens with one attached hydrogen (secondary N) is 2. The third-order valence-electron chi connectivity index (χ3n) is 4.23. The molecule has 0 saturated carbocycles. The van der Waals surface area contributed by atoms with Crippen molar-refractivity contribution in [2.24, 2.45) is 0 Å². The van der Waals surface area contributed by atoms with E-state index in [9.17, 15) is 9.59 Å². The zero-order valence-electron chi connectivity index (χ0n) is 14.4. The van der Waals surface area contributed by atoms with Crippen LogP contribution in [0.3, 0.4) is 0 Å². The van der Waals surface area contributed by atoms with Crippen LogP contribution < -0.4 is 10.9 Å². The Balaban J connectivity index is 1.62. The second kappa shape index (κ2) is 7.29. The van der Waals surface area contributed by atoms with Crippen LogP contribution in [0.2, 0.25) is 0 Å². The van der Waals surface area contributed by atoms with Crippen molar-refractivity contribution >= 4 is 22.6 Å². The summed E-state index contributed by atoms with van der Waals surface area (Å²) in [6.45, 7) is 0. The standard InChI is InChI=1S/C21H17N3O3/c25-19(12-11-14-6-5-13-27-14)22-16-8-2-1-7-15(16)20-21(26)24-18-10-4-3-9-17(18)23-20/h1-10,13H,11-12H2,(H,22,25)(H,24,26). The summed E-state index contributed by atoms with van der Waals surface area (Å²) in [4.78, 5) is 32.2. The highest BCUT2D eigenvalue weighted by Gasteiger charge is 2.13. The molecule has 27 heavy (non-hydrogen) atoms. The molecule has 2 aromatic carbocycles. The lowest BCUT2D eigenvalue weighted by molar-refractivity contribution is -0.116. The van der Waals surface area contributed by atoms with E-state index in [-0.39, 0.29) is 23.6 Å². The summed E-state index contributed by atoms with van der Waals surface area (Å²) in [5.41, 5.74) is 2.46. The molecule has 0 atom stereocenters. The lowest BCUT2D eigenvalue weighted by Gasteiger charge is -2.10. The lowest BCUT2D eigenvalue weighted by atomic mass is 10.1. The van der Waals surface area contributed by atoms with E-state index < -0.39 is 0 Å². The van der Waals surface area contributed by atoms with Crippen LogP contribution in [-0.4, -0.2) is 15.9 Å². The number of hydrogen-bond acceptors (Lipinski definition) is 4. The van der Waals surface area contributed by atoms with Gasteiger partial charge in [-0.05, 0) is 30.3 Å². The first-order chi connectivity index (χ1) is 13.2. The minimum Gasteiger partial charge on any atom is -0.469 e. The van der Waals surface area contributed by atoms with Crippen LogP contribution in [0.1, 0.15) is 12.2 Å². The molecule has 0 fully saturated rings. The number of carbonyl (C=O) groups is 1. The molecule has 0 bridgehead atoms. The number of hydrogen-bond donors (Lipinski definition) is 2. The summed E-state index contributed by atoms with van der Waals surface area (Å²) in [5, 5.41) is 2.87. The first-order valence-corrected chi connectivity index (χ1v) is 8.61. The first-order valence-electron chi connectivity index (χ1n) is 8.61. The summed E-state index contributed by atoms with van der Waals surface area (Å²) in [6, 6.07) is 18.1. The summed E-state index contributed by atoms with van der Waals surface area (Å²) in [5.74, 6) is 0.599. The molecule has 4 aromatic rings. The Morgan fingerprint density at radius 3 is 2.70 bits per heavy atom. The maximum Gasteiger partial charge on any atom is 0.275 e. The van der Waals surface area contributed by atoms with Crippen LogP contribution >= 0.6 is 0 Å². The van der Waals surface area contributed by atoms with Crippen LogP contribution in [0, 0.1) is 0 Å². The SMILES string of the molecule is O=C(CCc1ccco1)Nc1ccccc1-c1nc2ccccc2[nH]c1=O. The monoisotopic (exact) mass is 359 g/mol. The minimum atomic E-state index is -0.300. The molecule has 2 heterocycles. The normalized spacial score (nSPS) is 10.8. The fraction of sp³-hybridized carbons (Fsp3) is 0.0952. The van der Waals surface area contributed by atoms with E-state index in [0.717, 1.165) is 5.76 Å². The molecule has 0 aliphatic rings. The fourth-order valence-electron chi connectivity index (χ4n) is 2.91. The van der Waals surface area contributed by atoms with Gasteiger partial charge in [0, 0.05) is 18.4 Å². The first kappa shape index (κ1) is 16.8. The Morgan fingerprint density at radius 2 is 1.85 bits per heavy atom. The van der Waals surface area contributed by atoms with Crippen molar-refractivity contribution in [1.29, 1.82) is 0 Å². The van der Waals surface area contributed by atoms with Crippen molar-refractivity contribution in [2.45, 2.75) is 12.8 Å². The third kappa shape index (κ3) is 3.64. The zero-order chi connectivity index (χ0) is 18.6. The molecular formula is C21H17N3O3. The average Bonchev–Trinajstić information content (AvgIpc) is 3.20. The Morgan fingerprint density at radius 1 is 1.04 bits per heavy atom. The number of benzene rings is 2. The number of fused-ring (bicyclic) bond motifs is 1. The second-order valence-corrected chi connectivity index (χ2v) is 6.10. The average molecular weight is 359 g/mol. The molecule has 0 unspecified atom stereocenters. The van der Waals surface area contributed by atoms with Crippen molar-refractivity contribution in [3.05, 3.63) is 83.0 Å². The predicted molar refractivity (Wildman–Crippen MR) is 103 cm³/mol. The van der Waals surface area contributed by atoms with E-state index in [0.29, 0.717) is 28.7 Å². The number of H-pyrrole nitrogens is 1. The largest absolute Gasteiger partial charge is 0.469 e. The number of aryl methyl sites for hydroxylation is 1. The number of nitrogens with zero attached hydrogens (tertiary/aromatic N) is 1. The van der Waals surface area contributed by atoms with Crippen molar-refractivity contribution < 1.29 is 9.21 Å². The van der Waals surface area contributed by atoms with Gasteiger partial charge < -0.3 is 14.7 Å². The third-order valence-corrected chi connectivity index (χ3v) is 4.23. The quantitative estimate of drug-likeness (QED) is 0.568. The van der Waals surface area contributed by atoms with E-state index in [4.69, 9.17) is 4.42 Å². The van der Waals surface area contributed by atoms with Gasteiger partial charge in [0.15, 0.2) is 0 Å². The number of aromatic nitrogens is 2. The van der Waals surface area contributed by atoms with Gasteiger partial charge in [-0.3, -0.25) is 9.59 Å². The van der Waals surface area contributed by atoms with Crippen LogP contribution in [0.15, 0.2) is 76.1 Å². The van der Waals surface area contributed by atoms with Crippen LogP contribution in [-0.2, 0) is 11.2 Å². The van der Waals surface area contributed by atoms with Crippen LogP contribution in [0.5, 0.6) is 0 Å². The Bertz CT molecular complexity index is 1150. The van der Waals surface area contributed by atoms with Gasteiger partial charge in [0.2, 0.25) is 5.91 Å². The molecule has 0 aliphatic heterocycles. The van der Waals surface area contributed by atoms with Crippen molar-refractivity contribution in [1.82, 2.24) is 9.97 Å². The smallest absolute Gasteiger partial charge is 0.275 e. The minimum absolute atomic E-state index is 0.156. The predicted octanol–water partition coefficient (Wildman–Crippen LogP) is 3.75. The van der Waals surface area contributed by atoms with Crippen molar-refractivity contribution in [3.8, 4) is 11.3 Å². The summed E-state index contributed by atoms with van der Waals surface area (Å²) in [6.07, 6.45) is 2.37. The molecule has 2 N–H and O–H groups in total. The molecule has 1 amide bonds. The topological polar surface area (TPSA) is 88.0 Å².